The van der Waals surface area contributed by atoms with Crippen LogP contribution in [0, 0.1) is 11.8 Å². The highest BCUT2D eigenvalue weighted by Crippen LogP contribution is 2.46. The molecule has 6 fully saturated rings. The Morgan fingerprint density at radius 2 is 0.914 bits per heavy atom. The normalized spacial score (nSPS) is 27.3. The van der Waals surface area contributed by atoms with E-state index < -0.39 is 5.92 Å². The van der Waals surface area contributed by atoms with Gasteiger partial charge in [0, 0.05) is 48.6 Å². The number of carbonyl (C=O) groups excluding carboxylic acids is 2. The number of rotatable bonds is 8. The molecule has 0 saturated carbocycles. The Kier molecular flexibility index (Phi) is 13.2. The van der Waals surface area contributed by atoms with Crippen LogP contribution in [0.25, 0.3) is 0 Å². The van der Waals surface area contributed by atoms with Crippen LogP contribution in [0.4, 0.5) is 0 Å². The van der Waals surface area contributed by atoms with Gasteiger partial charge in [-0.3, -0.25) is 9.59 Å². The highest BCUT2D eigenvalue weighted by atomic mass is 79.9. The van der Waals surface area contributed by atoms with Gasteiger partial charge >= 0.3 is 11.9 Å². The Balaban J connectivity index is 0.000000171. The molecule has 1 aliphatic carbocycles. The Labute approximate surface area is 362 Å². The van der Waals surface area contributed by atoms with E-state index in [1.54, 1.807) is 0 Å². The summed E-state index contributed by atoms with van der Waals surface area (Å²) in [5.74, 6) is 1.27. The van der Waals surface area contributed by atoms with Gasteiger partial charge in [-0.1, -0.05) is 84.9 Å². The lowest BCUT2D eigenvalue weighted by Gasteiger charge is -2.52. The molecule has 11 heteroatoms. The van der Waals surface area contributed by atoms with Gasteiger partial charge < -0.3 is 67.4 Å². The van der Waals surface area contributed by atoms with Crippen molar-refractivity contribution in [3.8, 4) is 11.5 Å². The summed E-state index contributed by atoms with van der Waals surface area (Å²) in [7, 11) is 0. The van der Waals surface area contributed by atoms with Crippen LogP contribution >= 0.6 is 0 Å². The molecule has 12 rings (SSSR count). The fourth-order valence-electron chi connectivity index (χ4n) is 10.9. The fraction of sp³-hybridized carbons (Fsp3) is 0.447. The van der Waals surface area contributed by atoms with Crippen molar-refractivity contribution in [1.29, 1.82) is 0 Å². The second-order valence-corrected chi connectivity index (χ2v) is 17.1. The standard InChI is InChI=1S/C24H28NO3.C23H26NO4.2BrH/c26-14-13-25-11-9-17(10-12-25)22(16-25)28-24(27)23-20-7-3-1-5-18(20)15-19-6-2-4-8-21(19)23;25-14-13-24-11-9-16(10-12-24)21(15-24)28-23(26)22-17-5-1-3-7-19(17)27-20-8-4-2-6-18(20)22;;/h1-8,17,22-23,26H,9-16H2;1-8,16,21-22,25H,9-15H2;2*1H/q2*+1;;/p-2/t17?,22-,25?;16?,21-,24?;;/m00../s1. The van der Waals surface area contributed by atoms with E-state index in [-0.39, 0.29) is 77.2 Å². The van der Waals surface area contributed by atoms with Crippen LogP contribution in [0.1, 0.15) is 70.9 Å². The first-order valence-corrected chi connectivity index (χ1v) is 20.7. The minimum Gasteiger partial charge on any atom is -1.00 e. The van der Waals surface area contributed by atoms with Gasteiger partial charge in [0.25, 0.3) is 0 Å². The Hall–Kier alpha value is -3.58. The maximum Gasteiger partial charge on any atom is 0.318 e. The molecule has 4 aromatic rings. The van der Waals surface area contributed by atoms with Gasteiger partial charge in [-0.05, 0) is 40.8 Å². The quantitative estimate of drug-likeness (QED) is 0.189. The maximum atomic E-state index is 13.5. The first-order chi connectivity index (χ1) is 27.4. The number of hydrogen-bond acceptors (Lipinski definition) is 7. The number of aliphatic hydroxyl groups excluding tert-OH is 2. The fourth-order valence-corrected chi connectivity index (χ4v) is 10.9. The van der Waals surface area contributed by atoms with Crippen molar-refractivity contribution in [2.24, 2.45) is 11.8 Å². The zero-order valence-electron chi connectivity index (χ0n) is 32.9. The average Bonchev–Trinajstić information content (AvgIpc) is 3.23. The number of carbonyl (C=O) groups is 2. The number of fused-ring (bicyclic) bond motifs is 10. The molecule has 0 spiro atoms. The molecule has 4 bridgehead atoms. The number of aliphatic hydroxyl groups is 2. The Morgan fingerprint density at radius 3 is 1.33 bits per heavy atom. The minimum atomic E-state index is -0.456. The molecule has 9 nitrogen and oxygen atoms in total. The molecule has 0 radical (unpaired) electrons. The van der Waals surface area contributed by atoms with Gasteiger partial charge in [-0.15, -0.1) is 0 Å². The average molecular weight is 919 g/mol. The number of piperidine rings is 6. The maximum absolute atomic E-state index is 13.5. The summed E-state index contributed by atoms with van der Waals surface area (Å²) in [6.07, 6.45) is 5.11. The van der Waals surface area contributed by atoms with E-state index in [0.717, 1.165) is 127 Å². The second-order valence-electron chi connectivity index (χ2n) is 17.1. The van der Waals surface area contributed by atoms with Crippen LogP contribution in [-0.2, 0) is 25.5 Å². The number of nitrogens with zero attached hydrogens (tertiary/aromatic N) is 2. The molecule has 0 amide bonds. The topological polar surface area (TPSA) is 102 Å². The second kappa shape index (κ2) is 18.0. The van der Waals surface area contributed by atoms with E-state index >= 15 is 0 Å². The third kappa shape index (κ3) is 8.15. The molecule has 4 aromatic carbocycles. The smallest absolute Gasteiger partial charge is 0.318 e. The van der Waals surface area contributed by atoms with E-state index in [2.05, 4.69) is 24.3 Å². The van der Waals surface area contributed by atoms with Gasteiger partial charge in [-0.2, -0.15) is 0 Å². The molecule has 7 aliphatic heterocycles. The van der Waals surface area contributed by atoms with E-state index in [1.165, 1.54) is 11.1 Å². The molecular formula is C47H54Br2N2O7. The molecule has 7 heterocycles. The van der Waals surface area contributed by atoms with Crippen LogP contribution < -0.4 is 38.7 Å². The van der Waals surface area contributed by atoms with Crippen LogP contribution in [0.3, 0.4) is 0 Å². The number of quaternary nitrogens is 2. The molecule has 0 aromatic heterocycles. The predicted molar refractivity (Wildman–Crippen MR) is 211 cm³/mol. The molecular weight excluding hydrogens is 864 g/mol. The van der Waals surface area contributed by atoms with Crippen molar-refractivity contribution in [2.45, 2.75) is 56.1 Å². The predicted octanol–water partition coefficient (Wildman–Crippen LogP) is -0.0561. The van der Waals surface area contributed by atoms with Crippen LogP contribution in [0.5, 0.6) is 11.5 Å². The molecule has 6 saturated heterocycles. The summed E-state index contributed by atoms with van der Waals surface area (Å²) >= 11 is 0. The molecule has 0 unspecified atom stereocenters. The van der Waals surface area contributed by atoms with Crippen molar-refractivity contribution in [2.75, 3.05) is 65.6 Å². The van der Waals surface area contributed by atoms with Crippen LogP contribution in [0.2, 0.25) is 0 Å². The molecule has 8 aliphatic rings. The largest absolute Gasteiger partial charge is 1.00 e. The number of hydrogen-bond donors (Lipinski definition) is 2. The summed E-state index contributed by atoms with van der Waals surface area (Å²) in [6.45, 7) is 7.98. The third-order valence-corrected chi connectivity index (χ3v) is 14.0. The number of halogens is 2. The van der Waals surface area contributed by atoms with E-state index in [0.29, 0.717) is 11.8 Å². The van der Waals surface area contributed by atoms with Crippen LogP contribution in [-0.4, -0.2) is 109 Å². The number of benzene rings is 4. The highest BCUT2D eigenvalue weighted by Gasteiger charge is 2.50. The minimum absolute atomic E-state index is 0. The summed E-state index contributed by atoms with van der Waals surface area (Å²) in [4.78, 5) is 26.8. The first kappa shape index (κ1) is 42.5. The van der Waals surface area contributed by atoms with Crippen molar-refractivity contribution >= 4 is 11.9 Å². The van der Waals surface area contributed by atoms with Gasteiger partial charge in [-0.25, -0.2) is 0 Å². The van der Waals surface area contributed by atoms with E-state index in [4.69, 9.17) is 14.2 Å². The summed E-state index contributed by atoms with van der Waals surface area (Å²) in [5, 5.41) is 19.0. The molecule has 2 atom stereocenters. The van der Waals surface area contributed by atoms with E-state index in [1.807, 2.05) is 72.8 Å². The van der Waals surface area contributed by atoms with Crippen molar-refractivity contribution < 1.29 is 76.9 Å². The zero-order chi connectivity index (χ0) is 38.3. The summed E-state index contributed by atoms with van der Waals surface area (Å²) in [6, 6.07) is 32.0. The SMILES string of the molecule is O=C(O[C@H]1C[N+]2(CCO)CCC1CC2)C1c2ccccc2Cc2ccccc21.O=C(O[C@H]1C[N+]2(CCO)CCC1CC2)C1c2ccccc2Oc2ccccc21.[Br-].[Br-]. The zero-order valence-corrected chi connectivity index (χ0v) is 36.1. The lowest BCUT2D eigenvalue weighted by molar-refractivity contribution is -0.946. The number of esters is 2. The van der Waals surface area contributed by atoms with Crippen molar-refractivity contribution in [3.63, 3.8) is 0 Å². The summed E-state index contributed by atoms with van der Waals surface area (Å²) < 4.78 is 20.2. The molecule has 308 valence electrons. The van der Waals surface area contributed by atoms with Gasteiger partial charge in [0.2, 0.25) is 0 Å². The number of ether oxygens (including phenoxy) is 3. The van der Waals surface area contributed by atoms with E-state index in [9.17, 15) is 19.8 Å². The third-order valence-electron chi connectivity index (χ3n) is 14.0. The number of para-hydroxylation sites is 2. The van der Waals surface area contributed by atoms with Crippen molar-refractivity contribution in [3.05, 3.63) is 130 Å². The summed E-state index contributed by atoms with van der Waals surface area (Å²) in [5.41, 5.74) is 6.36. The highest BCUT2D eigenvalue weighted by molar-refractivity contribution is 5.86. The Morgan fingerprint density at radius 1 is 0.552 bits per heavy atom. The lowest BCUT2D eigenvalue weighted by Crippen LogP contribution is -3.00. The molecule has 58 heavy (non-hydrogen) atoms. The van der Waals surface area contributed by atoms with Gasteiger partial charge in [0.1, 0.15) is 49.5 Å². The lowest BCUT2D eigenvalue weighted by atomic mass is 9.78. The van der Waals surface area contributed by atoms with Crippen LogP contribution in [0.15, 0.2) is 97.1 Å². The Bertz CT molecular complexity index is 1830. The van der Waals surface area contributed by atoms with Gasteiger partial charge in [0.15, 0.2) is 12.2 Å². The van der Waals surface area contributed by atoms with Crippen molar-refractivity contribution in [1.82, 2.24) is 0 Å². The van der Waals surface area contributed by atoms with Gasteiger partial charge in [0.05, 0.1) is 39.4 Å². The molecule has 2 N–H and O–H groups in total. The first-order valence-electron chi connectivity index (χ1n) is 20.7. The monoisotopic (exact) mass is 916 g/mol.